The van der Waals surface area contributed by atoms with Crippen molar-refractivity contribution in [2.75, 3.05) is 0 Å². The molecule has 0 bridgehead atoms. The molecule has 0 spiro atoms. The third kappa shape index (κ3) is 2.81. The van der Waals surface area contributed by atoms with Gasteiger partial charge in [0, 0.05) is 5.92 Å². The summed E-state index contributed by atoms with van der Waals surface area (Å²) in [5.41, 5.74) is -4.62. The summed E-state index contributed by atoms with van der Waals surface area (Å²) in [7, 11) is 0. The van der Waals surface area contributed by atoms with Gasteiger partial charge < -0.3 is 5.11 Å². The molecule has 0 aliphatic carbocycles. The van der Waals surface area contributed by atoms with Gasteiger partial charge in [0.1, 0.15) is 0 Å². The molecule has 0 rings (SSSR count). The van der Waals surface area contributed by atoms with E-state index in [2.05, 4.69) is 0 Å². The minimum absolute atomic E-state index is 0.204. The Morgan fingerprint density at radius 1 is 1.00 bits per heavy atom. The van der Waals surface area contributed by atoms with Crippen LogP contribution < -0.4 is 0 Å². The molecule has 7 heteroatoms. The van der Waals surface area contributed by atoms with Crippen LogP contribution >= 0.6 is 0 Å². The van der Waals surface area contributed by atoms with Crippen LogP contribution in [0.1, 0.15) is 33.1 Å². The van der Waals surface area contributed by atoms with Crippen LogP contribution in [0.25, 0.3) is 0 Å². The van der Waals surface area contributed by atoms with Crippen LogP contribution in [-0.4, -0.2) is 23.1 Å². The van der Waals surface area contributed by atoms with Crippen LogP contribution in [0.4, 0.5) is 26.3 Å². The number of alkyl halides is 6. The molecule has 0 aromatic rings. The SMILES string of the molecule is CCCC[C@H](C)C(O)(C(F)(F)F)C(F)(F)F. The summed E-state index contributed by atoms with van der Waals surface area (Å²) in [5.74, 6) is -1.91. The van der Waals surface area contributed by atoms with Gasteiger partial charge in [-0.1, -0.05) is 26.7 Å². The maximum atomic E-state index is 12.3. The lowest BCUT2D eigenvalue weighted by Gasteiger charge is -2.37. The first-order valence-corrected chi connectivity index (χ1v) is 4.84. The summed E-state index contributed by atoms with van der Waals surface area (Å²) in [6.07, 6.45) is -11.1. The third-order valence-electron chi connectivity index (χ3n) is 2.57. The summed E-state index contributed by atoms with van der Waals surface area (Å²) in [6, 6.07) is 0. The molecule has 0 unspecified atom stereocenters. The van der Waals surface area contributed by atoms with Crippen molar-refractivity contribution in [2.45, 2.75) is 51.1 Å². The van der Waals surface area contributed by atoms with E-state index in [1.807, 2.05) is 0 Å². The fraction of sp³-hybridized carbons (Fsp3) is 1.00. The van der Waals surface area contributed by atoms with Gasteiger partial charge in [0.25, 0.3) is 5.60 Å². The largest absolute Gasteiger partial charge is 0.426 e. The maximum Gasteiger partial charge on any atom is 0.426 e. The second-order valence-electron chi connectivity index (χ2n) is 3.81. The van der Waals surface area contributed by atoms with Crippen LogP contribution in [0.15, 0.2) is 0 Å². The molecule has 1 nitrogen and oxygen atoms in total. The zero-order chi connectivity index (χ0) is 13.2. The van der Waals surface area contributed by atoms with Gasteiger partial charge in [0.15, 0.2) is 0 Å². The Morgan fingerprint density at radius 3 is 1.62 bits per heavy atom. The predicted octanol–water partition coefficient (Wildman–Crippen LogP) is 3.67. The van der Waals surface area contributed by atoms with Crippen LogP contribution in [0.5, 0.6) is 0 Å². The molecule has 0 aromatic carbocycles. The summed E-state index contributed by atoms with van der Waals surface area (Å²) in [4.78, 5) is 0. The Bertz CT molecular complexity index is 205. The van der Waals surface area contributed by atoms with Crippen molar-refractivity contribution in [3.05, 3.63) is 0 Å². The van der Waals surface area contributed by atoms with Crippen molar-refractivity contribution in [1.82, 2.24) is 0 Å². The van der Waals surface area contributed by atoms with E-state index in [0.29, 0.717) is 6.42 Å². The van der Waals surface area contributed by atoms with E-state index in [1.165, 1.54) is 0 Å². The summed E-state index contributed by atoms with van der Waals surface area (Å²) in [5, 5.41) is 8.93. The quantitative estimate of drug-likeness (QED) is 0.757. The molecule has 0 aromatic heterocycles. The Kier molecular flexibility index (Phi) is 4.67. The molecule has 0 radical (unpaired) electrons. The monoisotopic (exact) mass is 252 g/mol. The smallest absolute Gasteiger partial charge is 0.373 e. The second-order valence-corrected chi connectivity index (χ2v) is 3.81. The summed E-state index contributed by atoms with van der Waals surface area (Å²) >= 11 is 0. The third-order valence-corrected chi connectivity index (χ3v) is 2.57. The molecule has 0 aliphatic rings. The first-order valence-electron chi connectivity index (χ1n) is 4.84. The standard InChI is InChI=1S/C9H14F6O/c1-3-4-5-6(2)7(16,8(10,11)12)9(13,14)15/h6,16H,3-5H2,1-2H3/t6-/m0/s1. The molecule has 0 amide bonds. The minimum atomic E-state index is -5.71. The lowest BCUT2D eigenvalue weighted by atomic mass is 9.84. The average molecular weight is 252 g/mol. The number of unbranched alkanes of at least 4 members (excludes halogenated alkanes) is 1. The molecule has 0 saturated heterocycles. The van der Waals surface area contributed by atoms with Gasteiger partial charge in [-0.05, 0) is 6.42 Å². The molecule has 16 heavy (non-hydrogen) atoms. The highest BCUT2D eigenvalue weighted by atomic mass is 19.4. The van der Waals surface area contributed by atoms with E-state index in [9.17, 15) is 26.3 Å². The van der Waals surface area contributed by atoms with Gasteiger partial charge in [-0.15, -0.1) is 0 Å². The van der Waals surface area contributed by atoms with Crippen molar-refractivity contribution in [3.63, 3.8) is 0 Å². The second kappa shape index (κ2) is 4.81. The highest BCUT2D eigenvalue weighted by molar-refractivity contribution is 4.97. The van der Waals surface area contributed by atoms with Gasteiger partial charge in [0.05, 0.1) is 0 Å². The van der Waals surface area contributed by atoms with Gasteiger partial charge in [-0.3, -0.25) is 0 Å². The molecular weight excluding hydrogens is 238 g/mol. The Balaban J connectivity index is 5.10. The number of hydrogen-bond donors (Lipinski definition) is 1. The normalized spacial score (nSPS) is 16.3. The van der Waals surface area contributed by atoms with Crippen LogP contribution in [0.3, 0.4) is 0 Å². The number of hydrogen-bond acceptors (Lipinski definition) is 1. The highest BCUT2D eigenvalue weighted by Crippen LogP contribution is 2.48. The Morgan fingerprint density at radius 2 is 1.38 bits per heavy atom. The maximum absolute atomic E-state index is 12.3. The van der Waals surface area contributed by atoms with Gasteiger partial charge in [0.2, 0.25) is 0 Å². The molecule has 1 atom stereocenters. The molecule has 0 aliphatic heterocycles. The number of aliphatic hydroxyl groups is 1. The highest BCUT2D eigenvalue weighted by Gasteiger charge is 2.72. The minimum Gasteiger partial charge on any atom is -0.373 e. The predicted molar refractivity (Wildman–Crippen MR) is 45.7 cm³/mol. The van der Waals surface area contributed by atoms with Gasteiger partial charge in [-0.2, -0.15) is 26.3 Å². The van der Waals surface area contributed by atoms with E-state index in [1.54, 1.807) is 6.92 Å². The van der Waals surface area contributed by atoms with Crippen molar-refractivity contribution >= 4 is 0 Å². The molecule has 1 N–H and O–H groups in total. The molecule has 98 valence electrons. The van der Waals surface area contributed by atoms with E-state index >= 15 is 0 Å². The zero-order valence-corrected chi connectivity index (χ0v) is 8.91. The van der Waals surface area contributed by atoms with Gasteiger partial charge >= 0.3 is 12.4 Å². The number of halogens is 6. The van der Waals surface area contributed by atoms with E-state index in [-0.39, 0.29) is 12.8 Å². The molecule has 0 fully saturated rings. The van der Waals surface area contributed by atoms with E-state index in [4.69, 9.17) is 5.11 Å². The Labute approximate surface area is 89.4 Å². The Hall–Kier alpha value is -0.460. The first-order chi connectivity index (χ1) is 6.98. The van der Waals surface area contributed by atoms with Gasteiger partial charge in [-0.25, -0.2) is 0 Å². The van der Waals surface area contributed by atoms with E-state index < -0.39 is 23.9 Å². The summed E-state index contributed by atoms with van der Waals surface area (Å²) in [6.45, 7) is 2.41. The lowest BCUT2D eigenvalue weighted by molar-refractivity contribution is -0.383. The fourth-order valence-electron chi connectivity index (χ4n) is 1.44. The topological polar surface area (TPSA) is 20.2 Å². The van der Waals surface area contributed by atoms with Crippen LogP contribution in [0, 0.1) is 5.92 Å². The van der Waals surface area contributed by atoms with Crippen molar-refractivity contribution in [3.8, 4) is 0 Å². The van der Waals surface area contributed by atoms with Crippen LogP contribution in [-0.2, 0) is 0 Å². The number of rotatable bonds is 4. The molecular formula is C9H14F6O. The molecule has 0 heterocycles. The summed E-state index contributed by atoms with van der Waals surface area (Å²) < 4.78 is 73.8. The van der Waals surface area contributed by atoms with Crippen molar-refractivity contribution in [2.24, 2.45) is 5.92 Å². The zero-order valence-electron chi connectivity index (χ0n) is 8.91. The average Bonchev–Trinajstić information content (AvgIpc) is 2.08. The van der Waals surface area contributed by atoms with E-state index in [0.717, 1.165) is 6.92 Å². The first kappa shape index (κ1) is 15.5. The van der Waals surface area contributed by atoms with Crippen molar-refractivity contribution < 1.29 is 31.4 Å². The lowest BCUT2D eigenvalue weighted by Crippen LogP contribution is -2.61. The van der Waals surface area contributed by atoms with Crippen LogP contribution in [0.2, 0.25) is 0 Å². The fourth-order valence-corrected chi connectivity index (χ4v) is 1.44. The molecule has 0 saturated carbocycles. The van der Waals surface area contributed by atoms with Crippen molar-refractivity contribution in [1.29, 1.82) is 0 Å².